The monoisotopic (exact) mass is 206 g/mol. The number of allylic oxidation sites excluding steroid dienone is 1. The minimum atomic E-state index is -0.644. The molecular weight excluding hydrogens is 188 g/mol. The average Bonchev–Trinajstić information content (AvgIpc) is 2.58. The quantitative estimate of drug-likeness (QED) is 0.401. The van der Waals surface area contributed by atoms with E-state index in [1.54, 1.807) is 0 Å². The molecule has 1 fully saturated rings. The number of hydrogen-bond donors (Lipinski definition) is 0. The summed E-state index contributed by atoms with van der Waals surface area (Å²) in [5, 5.41) is 0. The lowest BCUT2D eigenvalue weighted by atomic mass is 9.87. The molecule has 1 saturated carbocycles. The fraction of sp³-hybridized carbons (Fsp3) is 0.615. The van der Waals surface area contributed by atoms with Gasteiger partial charge in [0, 0.05) is 12.8 Å². The fourth-order valence-corrected chi connectivity index (χ4v) is 2.36. The second-order valence-corrected chi connectivity index (χ2v) is 4.08. The van der Waals surface area contributed by atoms with E-state index in [2.05, 4.69) is 12.5 Å². The standard InChI is InChI=1S/C13H18O2/c1-4-6-8-12-9-7-10-13(12,5-2)15-11(3)14/h2,4,12H,1,6-10H2,3H3. The van der Waals surface area contributed by atoms with Crippen molar-refractivity contribution in [3.8, 4) is 12.3 Å². The lowest BCUT2D eigenvalue weighted by molar-refractivity contribution is -0.154. The van der Waals surface area contributed by atoms with Gasteiger partial charge in [0.05, 0.1) is 0 Å². The van der Waals surface area contributed by atoms with Gasteiger partial charge in [0.15, 0.2) is 5.60 Å². The van der Waals surface area contributed by atoms with Crippen molar-refractivity contribution in [3.63, 3.8) is 0 Å². The maximum Gasteiger partial charge on any atom is 0.304 e. The van der Waals surface area contributed by atoms with Crippen molar-refractivity contribution in [2.75, 3.05) is 0 Å². The molecule has 1 aliphatic rings. The van der Waals surface area contributed by atoms with Gasteiger partial charge in [-0.2, -0.15) is 0 Å². The topological polar surface area (TPSA) is 26.3 Å². The van der Waals surface area contributed by atoms with E-state index >= 15 is 0 Å². The number of hydrogen-bond acceptors (Lipinski definition) is 2. The van der Waals surface area contributed by atoms with Crippen molar-refractivity contribution in [1.29, 1.82) is 0 Å². The molecule has 2 unspecified atom stereocenters. The second-order valence-electron chi connectivity index (χ2n) is 4.08. The van der Waals surface area contributed by atoms with Crippen LogP contribution in [0, 0.1) is 18.3 Å². The van der Waals surface area contributed by atoms with Gasteiger partial charge in [-0.1, -0.05) is 12.0 Å². The van der Waals surface area contributed by atoms with Crippen LogP contribution in [-0.2, 0) is 9.53 Å². The van der Waals surface area contributed by atoms with Crippen molar-refractivity contribution < 1.29 is 9.53 Å². The Morgan fingerprint density at radius 2 is 2.53 bits per heavy atom. The first-order valence-corrected chi connectivity index (χ1v) is 5.43. The molecule has 0 radical (unpaired) electrons. The van der Waals surface area contributed by atoms with Crippen LogP contribution in [0.5, 0.6) is 0 Å². The van der Waals surface area contributed by atoms with E-state index < -0.39 is 5.60 Å². The molecule has 0 aliphatic heterocycles. The molecule has 1 rings (SSSR count). The molecule has 0 amide bonds. The van der Waals surface area contributed by atoms with E-state index in [1.165, 1.54) is 6.92 Å². The number of carbonyl (C=O) groups excluding carboxylic acids is 1. The van der Waals surface area contributed by atoms with Gasteiger partial charge in [0.1, 0.15) is 0 Å². The molecule has 0 aromatic heterocycles. The highest BCUT2D eigenvalue weighted by Crippen LogP contribution is 2.41. The maximum atomic E-state index is 11.0. The van der Waals surface area contributed by atoms with E-state index in [9.17, 15) is 4.79 Å². The number of ether oxygens (including phenoxy) is 1. The van der Waals surface area contributed by atoms with Gasteiger partial charge in [-0.15, -0.1) is 13.0 Å². The lowest BCUT2D eigenvalue weighted by Gasteiger charge is -2.29. The van der Waals surface area contributed by atoms with Gasteiger partial charge in [-0.25, -0.2) is 0 Å². The Bertz CT molecular complexity index is 287. The van der Waals surface area contributed by atoms with E-state index in [0.717, 1.165) is 32.1 Å². The highest BCUT2D eigenvalue weighted by atomic mass is 16.6. The van der Waals surface area contributed by atoms with E-state index in [1.807, 2.05) is 6.08 Å². The summed E-state index contributed by atoms with van der Waals surface area (Å²) in [4.78, 5) is 11.0. The van der Waals surface area contributed by atoms with Crippen LogP contribution < -0.4 is 0 Å². The molecular formula is C13H18O2. The molecule has 0 saturated heterocycles. The maximum absolute atomic E-state index is 11.0. The molecule has 0 aromatic rings. The predicted octanol–water partition coefficient (Wildman–Crippen LogP) is 2.69. The first-order valence-electron chi connectivity index (χ1n) is 5.43. The Morgan fingerprint density at radius 1 is 1.80 bits per heavy atom. The third-order valence-corrected chi connectivity index (χ3v) is 3.05. The van der Waals surface area contributed by atoms with Crippen LogP contribution in [0.2, 0.25) is 0 Å². The van der Waals surface area contributed by atoms with Gasteiger partial charge in [-0.05, 0) is 32.1 Å². The molecule has 0 N–H and O–H groups in total. The van der Waals surface area contributed by atoms with Crippen LogP contribution in [-0.4, -0.2) is 11.6 Å². The zero-order valence-corrected chi connectivity index (χ0v) is 9.29. The Kier molecular flexibility index (Phi) is 3.96. The van der Waals surface area contributed by atoms with E-state index in [4.69, 9.17) is 11.2 Å². The van der Waals surface area contributed by atoms with Crippen LogP contribution in [0.1, 0.15) is 39.0 Å². The smallest absolute Gasteiger partial charge is 0.304 e. The van der Waals surface area contributed by atoms with Gasteiger partial charge in [0.25, 0.3) is 0 Å². The average molecular weight is 206 g/mol. The number of terminal acetylenes is 1. The molecule has 82 valence electrons. The van der Waals surface area contributed by atoms with Gasteiger partial charge < -0.3 is 4.74 Å². The number of esters is 1. The zero-order valence-electron chi connectivity index (χ0n) is 9.29. The summed E-state index contributed by atoms with van der Waals surface area (Å²) in [7, 11) is 0. The van der Waals surface area contributed by atoms with Crippen molar-refractivity contribution in [3.05, 3.63) is 12.7 Å². The molecule has 0 aromatic carbocycles. The normalized spacial score (nSPS) is 29.5. The molecule has 15 heavy (non-hydrogen) atoms. The minimum absolute atomic E-state index is 0.279. The molecule has 1 aliphatic carbocycles. The van der Waals surface area contributed by atoms with E-state index in [-0.39, 0.29) is 5.97 Å². The molecule has 2 atom stereocenters. The third kappa shape index (κ3) is 2.62. The number of rotatable bonds is 4. The SMILES string of the molecule is C#CC1(OC(C)=O)CCCC1CCC=C. The summed E-state index contributed by atoms with van der Waals surface area (Å²) < 4.78 is 5.35. The van der Waals surface area contributed by atoms with Crippen molar-refractivity contribution in [2.45, 2.75) is 44.6 Å². The van der Waals surface area contributed by atoms with Gasteiger partial charge >= 0.3 is 5.97 Å². The summed E-state index contributed by atoms with van der Waals surface area (Å²) in [6, 6.07) is 0. The molecule has 2 nitrogen and oxygen atoms in total. The molecule has 0 bridgehead atoms. The van der Waals surface area contributed by atoms with Crippen LogP contribution in [0.25, 0.3) is 0 Å². The first kappa shape index (κ1) is 11.8. The predicted molar refractivity (Wildman–Crippen MR) is 60.1 cm³/mol. The largest absolute Gasteiger partial charge is 0.446 e. The summed E-state index contributed by atoms with van der Waals surface area (Å²) >= 11 is 0. The highest BCUT2D eigenvalue weighted by molar-refractivity contribution is 5.67. The third-order valence-electron chi connectivity index (χ3n) is 3.05. The summed E-state index contributed by atoms with van der Waals surface area (Å²) in [6.45, 7) is 5.12. The second kappa shape index (κ2) is 5.02. The van der Waals surface area contributed by atoms with Crippen LogP contribution in [0.15, 0.2) is 12.7 Å². The van der Waals surface area contributed by atoms with E-state index in [0.29, 0.717) is 5.92 Å². The van der Waals surface area contributed by atoms with Crippen molar-refractivity contribution in [2.24, 2.45) is 5.92 Å². The molecule has 0 spiro atoms. The first-order chi connectivity index (χ1) is 7.14. The fourth-order valence-electron chi connectivity index (χ4n) is 2.36. The van der Waals surface area contributed by atoms with Crippen molar-refractivity contribution in [1.82, 2.24) is 0 Å². The van der Waals surface area contributed by atoms with Crippen LogP contribution in [0.4, 0.5) is 0 Å². The van der Waals surface area contributed by atoms with Crippen LogP contribution in [0.3, 0.4) is 0 Å². The lowest BCUT2D eigenvalue weighted by Crippen LogP contribution is -2.36. The van der Waals surface area contributed by atoms with Crippen molar-refractivity contribution >= 4 is 5.97 Å². The van der Waals surface area contributed by atoms with Crippen LogP contribution >= 0.6 is 0 Å². The van der Waals surface area contributed by atoms with Gasteiger partial charge in [-0.3, -0.25) is 4.79 Å². The van der Waals surface area contributed by atoms with Gasteiger partial charge in [0.2, 0.25) is 0 Å². The minimum Gasteiger partial charge on any atom is -0.446 e. The Labute approximate surface area is 91.7 Å². The Balaban J connectivity index is 2.72. The Hall–Kier alpha value is -1.23. The number of carbonyl (C=O) groups is 1. The molecule has 2 heteroatoms. The summed E-state index contributed by atoms with van der Waals surface area (Å²) in [5.74, 6) is 2.71. The molecule has 0 heterocycles. The highest BCUT2D eigenvalue weighted by Gasteiger charge is 2.43. The summed E-state index contributed by atoms with van der Waals surface area (Å²) in [6.07, 6.45) is 12.2. The summed E-state index contributed by atoms with van der Waals surface area (Å²) in [5.41, 5.74) is -0.644. The Morgan fingerprint density at radius 3 is 3.07 bits per heavy atom. The zero-order chi connectivity index (χ0) is 11.3.